The molecule has 0 fully saturated rings. The van der Waals surface area contributed by atoms with Gasteiger partial charge in [-0.3, -0.25) is 8.75 Å². The first kappa shape index (κ1) is 20.3. The van der Waals surface area contributed by atoms with Crippen LogP contribution in [0.5, 0.6) is 0 Å². The molecule has 1 unspecified atom stereocenters. The Kier molecular flexibility index (Phi) is 7.35. The third-order valence-corrected chi connectivity index (χ3v) is 6.14. The SMILES string of the molecule is CCOP(=O)(COS(=O)(=O)c1c(F)cccc1CC)OC(C)C. The van der Waals surface area contributed by atoms with Crippen LogP contribution in [0.4, 0.5) is 4.39 Å². The molecule has 0 aliphatic heterocycles. The molecule has 9 heteroatoms. The van der Waals surface area contributed by atoms with E-state index in [1.165, 1.54) is 12.1 Å². The van der Waals surface area contributed by atoms with Crippen molar-refractivity contribution < 1.29 is 30.6 Å². The molecule has 1 rings (SSSR count). The summed E-state index contributed by atoms with van der Waals surface area (Å²) in [6.07, 6.45) is -0.946. The molecule has 0 spiro atoms. The Labute approximate surface area is 136 Å². The first-order valence-corrected chi connectivity index (χ1v) is 10.4. The van der Waals surface area contributed by atoms with E-state index in [-0.39, 0.29) is 12.2 Å². The van der Waals surface area contributed by atoms with Gasteiger partial charge in [0.25, 0.3) is 0 Å². The standard InChI is InChI=1S/C14H22FO6PS/c1-5-12-8-7-9-13(15)14(12)23(17,18)20-10-22(16,19-6-2)21-11(3)4/h7-9,11H,5-6,10H2,1-4H3. The fourth-order valence-electron chi connectivity index (χ4n) is 1.92. The zero-order valence-corrected chi connectivity index (χ0v) is 15.3. The van der Waals surface area contributed by atoms with Gasteiger partial charge in [0, 0.05) is 0 Å². The second-order valence-electron chi connectivity index (χ2n) is 4.97. The van der Waals surface area contributed by atoms with Gasteiger partial charge in [0.15, 0.2) is 6.35 Å². The third kappa shape index (κ3) is 5.65. The Balaban J connectivity index is 3.05. The topological polar surface area (TPSA) is 78.9 Å². The Morgan fingerprint density at radius 1 is 1.26 bits per heavy atom. The average Bonchev–Trinajstić information content (AvgIpc) is 2.44. The summed E-state index contributed by atoms with van der Waals surface area (Å²) in [5.41, 5.74) is 0.279. The zero-order chi connectivity index (χ0) is 17.7. The predicted molar refractivity (Wildman–Crippen MR) is 84.4 cm³/mol. The van der Waals surface area contributed by atoms with Gasteiger partial charge in [-0.1, -0.05) is 19.1 Å². The summed E-state index contributed by atoms with van der Waals surface area (Å²) in [5.74, 6) is -0.916. The molecule has 0 saturated heterocycles. The number of hydrogen-bond donors (Lipinski definition) is 0. The number of hydrogen-bond acceptors (Lipinski definition) is 6. The summed E-state index contributed by atoms with van der Waals surface area (Å²) in [6.45, 7) is 6.61. The summed E-state index contributed by atoms with van der Waals surface area (Å²) < 4.78 is 65.8. The largest absolute Gasteiger partial charge is 0.357 e. The molecular formula is C14H22FO6PS. The number of halogens is 1. The average molecular weight is 368 g/mol. The van der Waals surface area contributed by atoms with E-state index in [0.717, 1.165) is 6.07 Å². The molecule has 0 bridgehead atoms. The normalized spacial score (nSPS) is 14.9. The van der Waals surface area contributed by atoms with Crippen molar-refractivity contribution in [1.82, 2.24) is 0 Å². The van der Waals surface area contributed by atoms with Crippen LogP contribution in [-0.4, -0.2) is 27.5 Å². The lowest BCUT2D eigenvalue weighted by Gasteiger charge is -2.20. The minimum atomic E-state index is -4.43. The third-order valence-electron chi connectivity index (χ3n) is 2.74. The Hall–Kier alpha value is -0.790. The van der Waals surface area contributed by atoms with E-state index in [1.54, 1.807) is 27.7 Å². The van der Waals surface area contributed by atoms with E-state index in [0.29, 0.717) is 6.42 Å². The van der Waals surface area contributed by atoms with Gasteiger partial charge in [-0.2, -0.15) is 8.42 Å². The van der Waals surface area contributed by atoms with E-state index < -0.39 is 40.9 Å². The van der Waals surface area contributed by atoms with Gasteiger partial charge in [0.2, 0.25) is 0 Å². The maximum absolute atomic E-state index is 13.9. The lowest BCUT2D eigenvalue weighted by Crippen LogP contribution is -2.15. The lowest BCUT2D eigenvalue weighted by atomic mass is 10.2. The van der Waals surface area contributed by atoms with Gasteiger partial charge in [-0.25, -0.2) is 4.39 Å². The molecule has 6 nitrogen and oxygen atoms in total. The van der Waals surface area contributed by atoms with E-state index in [2.05, 4.69) is 0 Å². The van der Waals surface area contributed by atoms with Gasteiger partial charge >= 0.3 is 17.7 Å². The van der Waals surface area contributed by atoms with Crippen molar-refractivity contribution in [2.45, 2.75) is 45.1 Å². The van der Waals surface area contributed by atoms with Crippen LogP contribution in [0.3, 0.4) is 0 Å². The number of benzene rings is 1. The van der Waals surface area contributed by atoms with E-state index in [9.17, 15) is 17.4 Å². The van der Waals surface area contributed by atoms with E-state index >= 15 is 0 Å². The highest BCUT2D eigenvalue weighted by Gasteiger charge is 2.32. The Morgan fingerprint density at radius 3 is 2.43 bits per heavy atom. The van der Waals surface area contributed by atoms with Crippen molar-refractivity contribution in [3.63, 3.8) is 0 Å². The van der Waals surface area contributed by atoms with Crippen LogP contribution in [0, 0.1) is 5.82 Å². The van der Waals surface area contributed by atoms with Crippen molar-refractivity contribution in [3.05, 3.63) is 29.6 Å². The van der Waals surface area contributed by atoms with Crippen molar-refractivity contribution in [2.75, 3.05) is 13.0 Å². The van der Waals surface area contributed by atoms with Crippen LogP contribution in [0.2, 0.25) is 0 Å². The van der Waals surface area contributed by atoms with Crippen LogP contribution in [-0.2, 0) is 34.3 Å². The predicted octanol–water partition coefficient (Wildman–Crippen LogP) is 3.71. The minimum Gasteiger partial charge on any atom is -0.307 e. The summed E-state index contributed by atoms with van der Waals surface area (Å²) >= 11 is 0. The molecule has 0 aromatic heterocycles. The molecule has 0 N–H and O–H groups in total. The van der Waals surface area contributed by atoms with Gasteiger partial charge < -0.3 is 9.05 Å². The maximum Gasteiger partial charge on any atom is 0.357 e. The zero-order valence-electron chi connectivity index (χ0n) is 13.6. The first-order valence-electron chi connectivity index (χ1n) is 7.24. The molecule has 0 amide bonds. The molecule has 1 aromatic rings. The second-order valence-corrected chi connectivity index (χ2v) is 8.47. The fraction of sp³-hybridized carbons (Fsp3) is 0.571. The van der Waals surface area contributed by atoms with Crippen molar-refractivity contribution in [2.24, 2.45) is 0 Å². The Bertz CT molecular complexity index is 674. The highest BCUT2D eigenvalue weighted by Crippen LogP contribution is 2.49. The molecule has 1 aromatic carbocycles. The molecule has 0 heterocycles. The molecule has 1 atom stereocenters. The second kappa shape index (κ2) is 8.35. The van der Waals surface area contributed by atoms with Gasteiger partial charge in [0.05, 0.1) is 12.7 Å². The monoisotopic (exact) mass is 368 g/mol. The summed E-state index contributed by atoms with van der Waals surface area (Å²) in [5, 5.41) is 0. The van der Waals surface area contributed by atoms with Gasteiger partial charge in [0.1, 0.15) is 10.7 Å². The summed E-state index contributed by atoms with van der Waals surface area (Å²) in [4.78, 5) is -0.546. The number of aryl methyl sites for hydroxylation is 1. The Morgan fingerprint density at radius 2 is 1.91 bits per heavy atom. The van der Waals surface area contributed by atoms with Gasteiger partial charge in [-0.05, 0) is 38.8 Å². The first-order chi connectivity index (χ1) is 10.6. The molecule has 132 valence electrons. The van der Waals surface area contributed by atoms with Crippen LogP contribution < -0.4 is 0 Å². The maximum atomic E-state index is 13.9. The molecule has 0 aliphatic carbocycles. The molecule has 0 radical (unpaired) electrons. The van der Waals surface area contributed by atoms with Crippen molar-refractivity contribution >= 4 is 17.7 Å². The molecule has 0 saturated carbocycles. The van der Waals surface area contributed by atoms with E-state index in [4.69, 9.17) is 13.2 Å². The van der Waals surface area contributed by atoms with Crippen LogP contribution in [0.1, 0.15) is 33.3 Å². The highest BCUT2D eigenvalue weighted by molar-refractivity contribution is 7.87. The van der Waals surface area contributed by atoms with Crippen LogP contribution in [0.25, 0.3) is 0 Å². The van der Waals surface area contributed by atoms with Crippen molar-refractivity contribution in [3.8, 4) is 0 Å². The fourth-order valence-corrected chi connectivity index (χ4v) is 5.18. The summed E-state index contributed by atoms with van der Waals surface area (Å²) in [6, 6.07) is 3.94. The smallest absolute Gasteiger partial charge is 0.307 e. The highest BCUT2D eigenvalue weighted by atomic mass is 32.2. The lowest BCUT2D eigenvalue weighted by molar-refractivity contribution is 0.157. The van der Waals surface area contributed by atoms with E-state index in [1.807, 2.05) is 0 Å². The van der Waals surface area contributed by atoms with Crippen LogP contribution in [0.15, 0.2) is 23.1 Å². The minimum absolute atomic E-state index is 0.0628. The van der Waals surface area contributed by atoms with Gasteiger partial charge in [-0.15, -0.1) is 0 Å². The molecule has 0 aliphatic rings. The van der Waals surface area contributed by atoms with Crippen molar-refractivity contribution in [1.29, 1.82) is 0 Å². The quantitative estimate of drug-likeness (QED) is 0.488. The molecule has 23 heavy (non-hydrogen) atoms. The summed E-state index contributed by atoms with van der Waals surface area (Å²) in [7, 11) is -8.18. The molecular weight excluding hydrogens is 346 g/mol. The van der Waals surface area contributed by atoms with Crippen LogP contribution >= 0.6 is 7.60 Å². The number of rotatable bonds is 9.